The van der Waals surface area contributed by atoms with E-state index in [4.69, 9.17) is 0 Å². The Morgan fingerprint density at radius 3 is 2.88 bits per heavy atom. The minimum atomic E-state index is -0.0908. The lowest BCUT2D eigenvalue weighted by Gasteiger charge is -2.27. The maximum Gasteiger partial charge on any atom is 0.127 e. The topological polar surface area (TPSA) is 15.3 Å². The fourth-order valence-electron chi connectivity index (χ4n) is 2.30. The maximum absolute atomic E-state index is 13.5. The van der Waals surface area contributed by atoms with E-state index in [2.05, 4.69) is 17.1 Å². The van der Waals surface area contributed by atoms with E-state index in [0.717, 1.165) is 31.7 Å². The molecule has 0 amide bonds. The zero-order chi connectivity index (χ0) is 11.4. The van der Waals surface area contributed by atoms with Crippen molar-refractivity contribution in [3.05, 3.63) is 35.6 Å². The Morgan fingerprint density at radius 1 is 1.44 bits per heavy atom. The molecule has 1 aromatic rings. The van der Waals surface area contributed by atoms with Crippen molar-refractivity contribution in [1.82, 2.24) is 10.2 Å². The summed E-state index contributed by atoms with van der Waals surface area (Å²) in [5, 5.41) is 3.35. The summed E-state index contributed by atoms with van der Waals surface area (Å²) in [6.45, 7) is 5.94. The molecule has 1 aliphatic heterocycles. The Hall–Kier alpha value is -0.930. The molecule has 0 bridgehead atoms. The van der Waals surface area contributed by atoms with Crippen LogP contribution < -0.4 is 5.32 Å². The number of rotatable bonds is 4. The average molecular weight is 222 g/mol. The molecule has 0 aliphatic carbocycles. The SMILES string of the molecule is CCN(Cc1ccccc1F)C1CCNC1. The summed E-state index contributed by atoms with van der Waals surface area (Å²) < 4.78 is 13.5. The van der Waals surface area contributed by atoms with E-state index < -0.39 is 0 Å². The van der Waals surface area contributed by atoms with Crippen molar-refractivity contribution >= 4 is 0 Å². The maximum atomic E-state index is 13.5. The van der Waals surface area contributed by atoms with Crippen LogP contribution in [0.15, 0.2) is 24.3 Å². The summed E-state index contributed by atoms with van der Waals surface area (Å²) in [5.41, 5.74) is 0.802. The van der Waals surface area contributed by atoms with Gasteiger partial charge in [0.05, 0.1) is 0 Å². The number of hydrogen-bond acceptors (Lipinski definition) is 2. The van der Waals surface area contributed by atoms with E-state index in [1.165, 1.54) is 12.5 Å². The summed E-state index contributed by atoms with van der Waals surface area (Å²) >= 11 is 0. The van der Waals surface area contributed by atoms with Crippen molar-refractivity contribution in [2.75, 3.05) is 19.6 Å². The lowest BCUT2D eigenvalue weighted by Crippen LogP contribution is -2.36. The number of nitrogens with zero attached hydrogens (tertiary/aromatic N) is 1. The van der Waals surface area contributed by atoms with Crippen LogP contribution in [-0.4, -0.2) is 30.6 Å². The van der Waals surface area contributed by atoms with Crippen molar-refractivity contribution < 1.29 is 4.39 Å². The predicted octanol–water partition coefficient (Wildman–Crippen LogP) is 2.01. The van der Waals surface area contributed by atoms with Gasteiger partial charge in [0, 0.05) is 24.7 Å². The first-order chi connectivity index (χ1) is 7.81. The van der Waals surface area contributed by atoms with Gasteiger partial charge >= 0.3 is 0 Å². The molecule has 3 heteroatoms. The number of hydrogen-bond donors (Lipinski definition) is 1. The third-order valence-electron chi connectivity index (χ3n) is 3.29. The summed E-state index contributed by atoms with van der Waals surface area (Å²) in [4.78, 5) is 2.35. The van der Waals surface area contributed by atoms with Crippen LogP contribution in [0.2, 0.25) is 0 Å². The van der Waals surface area contributed by atoms with Crippen molar-refractivity contribution in [2.45, 2.75) is 25.9 Å². The number of halogens is 1. The first-order valence-corrected chi connectivity index (χ1v) is 5.99. The summed E-state index contributed by atoms with van der Waals surface area (Å²) in [5.74, 6) is -0.0908. The van der Waals surface area contributed by atoms with E-state index in [0.29, 0.717) is 6.04 Å². The highest BCUT2D eigenvalue weighted by Crippen LogP contribution is 2.15. The average Bonchev–Trinajstić information content (AvgIpc) is 2.81. The molecule has 88 valence electrons. The van der Waals surface area contributed by atoms with Crippen LogP contribution in [0, 0.1) is 5.82 Å². The Kier molecular flexibility index (Phi) is 3.91. The second-order valence-corrected chi connectivity index (χ2v) is 4.30. The van der Waals surface area contributed by atoms with Crippen LogP contribution in [0.1, 0.15) is 18.9 Å². The van der Waals surface area contributed by atoms with Gasteiger partial charge in [-0.25, -0.2) is 4.39 Å². The van der Waals surface area contributed by atoms with Crippen LogP contribution in [0.4, 0.5) is 4.39 Å². The lowest BCUT2D eigenvalue weighted by atomic mass is 10.1. The normalized spacial score (nSPS) is 20.6. The molecule has 1 aliphatic rings. The Balaban J connectivity index is 2.03. The van der Waals surface area contributed by atoms with Crippen molar-refractivity contribution in [3.8, 4) is 0 Å². The third kappa shape index (κ3) is 2.60. The lowest BCUT2D eigenvalue weighted by molar-refractivity contribution is 0.208. The molecule has 1 saturated heterocycles. The van der Waals surface area contributed by atoms with Gasteiger partial charge in [0.2, 0.25) is 0 Å². The Bertz CT molecular complexity index is 334. The summed E-state index contributed by atoms with van der Waals surface area (Å²) in [6.07, 6.45) is 1.17. The van der Waals surface area contributed by atoms with Crippen molar-refractivity contribution in [3.63, 3.8) is 0 Å². The minimum absolute atomic E-state index is 0.0908. The molecule has 0 spiro atoms. The van der Waals surface area contributed by atoms with Crippen LogP contribution >= 0.6 is 0 Å². The molecule has 1 fully saturated rings. The fourth-order valence-corrected chi connectivity index (χ4v) is 2.30. The first-order valence-electron chi connectivity index (χ1n) is 5.99. The van der Waals surface area contributed by atoms with Gasteiger partial charge in [0.15, 0.2) is 0 Å². The zero-order valence-corrected chi connectivity index (χ0v) is 9.75. The quantitative estimate of drug-likeness (QED) is 0.838. The summed E-state index contributed by atoms with van der Waals surface area (Å²) in [6, 6.07) is 7.62. The molecule has 2 nitrogen and oxygen atoms in total. The van der Waals surface area contributed by atoms with E-state index in [-0.39, 0.29) is 5.82 Å². The third-order valence-corrected chi connectivity index (χ3v) is 3.29. The largest absolute Gasteiger partial charge is 0.315 e. The van der Waals surface area contributed by atoms with E-state index in [1.54, 1.807) is 6.07 Å². The zero-order valence-electron chi connectivity index (χ0n) is 9.75. The van der Waals surface area contributed by atoms with Gasteiger partial charge in [-0.3, -0.25) is 4.90 Å². The molecule has 2 rings (SSSR count). The highest BCUT2D eigenvalue weighted by atomic mass is 19.1. The van der Waals surface area contributed by atoms with Crippen LogP contribution in [0.25, 0.3) is 0 Å². The van der Waals surface area contributed by atoms with Crippen LogP contribution in [0.5, 0.6) is 0 Å². The van der Waals surface area contributed by atoms with Crippen LogP contribution in [0.3, 0.4) is 0 Å². The van der Waals surface area contributed by atoms with Gasteiger partial charge < -0.3 is 5.32 Å². The Labute approximate surface area is 96.5 Å². The monoisotopic (exact) mass is 222 g/mol. The predicted molar refractivity (Wildman–Crippen MR) is 63.8 cm³/mol. The fraction of sp³-hybridized carbons (Fsp3) is 0.538. The molecule has 16 heavy (non-hydrogen) atoms. The van der Waals surface area contributed by atoms with E-state index >= 15 is 0 Å². The van der Waals surface area contributed by atoms with Crippen LogP contribution in [-0.2, 0) is 6.54 Å². The Morgan fingerprint density at radius 2 is 2.25 bits per heavy atom. The second kappa shape index (κ2) is 5.41. The van der Waals surface area contributed by atoms with Crippen molar-refractivity contribution in [1.29, 1.82) is 0 Å². The molecule has 1 aromatic carbocycles. The number of benzene rings is 1. The smallest absolute Gasteiger partial charge is 0.127 e. The van der Waals surface area contributed by atoms with E-state index in [9.17, 15) is 4.39 Å². The molecular formula is C13H19FN2. The van der Waals surface area contributed by atoms with Gasteiger partial charge in [-0.05, 0) is 25.6 Å². The minimum Gasteiger partial charge on any atom is -0.315 e. The van der Waals surface area contributed by atoms with Gasteiger partial charge in [0.25, 0.3) is 0 Å². The highest BCUT2D eigenvalue weighted by Gasteiger charge is 2.21. The van der Waals surface area contributed by atoms with Gasteiger partial charge in [-0.2, -0.15) is 0 Å². The number of likely N-dealkylation sites (N-methyl/N-ethyl adjacent to an activating group) is 1. The number of nitrogens with one attached hydrogen (secondary N) is 1. The molecule has 0 aromatic heterocycles. The van der Waals surface area contributed by atoms with Crippen molar-refractivity contribution in [2.24, 2.45) is 0 Å². The molecule has 1 unspecified atom stereocenters. The first kappa shape index (κ1) is 11.6. The second-order valence-electron chi connectivity index (χ2n) is 4.30. The van der Waals surface area contributed by atoms with E-state index in [1.807, 2.05) is 12.1 Å². The molecule has 0 saturated carbocycles. The molecule has 1 atom stereocenters. The molecule has 0 radical (unpaired) electrons. The highest BCUT2D eigenvalue weighted by molar-refractivity contribution is 5.17. The summed E-state index contributed by atoms with van der Waals surface area (Å²) in [7, 11) is 0. The molecule has 1 N–H and O–H groups in total. The standard InChI is InChI=1S/C13H19FN2/c1-2-16(12-7-8-15-9-12)10-11-5-3-4-6-13(11)14/h3-6,12,15H,2,7-10H2,1H3. The molecule has 1 heterocycles. The van der Waals surface area contributed by atoms with Gasteiger partial charge in [0.1, 0.15) is 5.82 Å². The van der Waals surface area contributed by atoms with Gasteiger partial charge in [-0.15, -0.1) is 0 Å². The van der Waals surface area contributed by atoms with Gasteiger partial charge in [-0.1, -0.05) is 25.1 Å². The molecular weight excluding hydrogens is 203 g/mol.